The van der Waals surface area contributed by atoms with E-state index in [0.717, 1.165) is 17.0 Å². The molecule has 0 N–H and O–H groups in total. The van der Waals surface area contributed by atoms with Gasteiger partial charge in [0.25, 0.3) is 0 Å². The first-order valence-corrected chi connectivity index (χ1v) is 9.13. The number of hydrogen-bond donors (Lipinski definition) is 0. The second-order valence-electron chi connectivity index (χ2n) is 5.41. The third-order valence-corrected chi connectivity index (χ3v) is 5.82. The summed E-state index contributed by atoms with van der Waals surface area (Å²) in [4.78, 5) is 4.57. The molecule has 0 spiro atoms. The summed E-state index contributed by atoms with van der Waals surface area (Å²) in [5.41, 5.74) is 3.67. The van der Waals surface area contributed by atoms with Crippen LogP contribution in [0, 0.1) is 0 Å². The predicted molar refractivity (Wildman–Crippen MR) is 108 cm³/mol. The van der Waals surface area contributed by atoms with Gasteiger partial charge in [-0.2, -0.15) is 0 Å². The zero-order valence-corrected chi connectivity index (χ0v) is 16.8. The van der Waals surface area contributed by atoms with E-state index in [2.05, 4.69) is 53.5 Å². The van der Waals surface area contributed by atoms with Gasteiger partial charge >= 0.3 is 147 Å². The molecular formula is C20H16Cl3CrN. The number of benzene rings is 2. The van der Waals surface area contributed by atoms with E-state index in [4.69, 9.17) is 11.6 Å². The first-order valence-electron chi connectivity index (χ1n) is 7.48. The second-order valence-corrected chi connectivity index (χ2v) is 7.68. The number of allylic oxidation sites excluding steroid dienone is 4. The Morgan fingerprint density at radius 3 is 2.48 bits per heavy atom. The molecule has 0 aliphatic heterocycles. The zero-order chi connectivity index (χ0) is 15.6. The number of para-hydroxylation sites is 1. The van der Waals surface area contributed by atoms with Crippen molar-refractivity contribution in [1.82, 2.24) is 4.98 Å². The maximum atomic E-state index is 5.97. The van der Waals surface area contributed by atoms with Gasteiger partial charge in [-0.25, -0.2) is 0 Å². The summed E-state index contributed by atoms with van der Waals surface area (Å²) >= 11 is 6.28. The van der Waals surface area contributed by atoms with Gasteiger partial charge in [0.1, 0.15) is 0 Å². The van der Waals surface area contributed by atoms with E-state index in [1.165, 1.54) is 25.4 Å². The van der Waals surface area contributed by atoms with Crippen LogP contribution in [0.25, 0.3) is 16.5 Å². The Morgan fingerprint density at radius 1 is 0.920 bits per heavy atom. The molecule has 1 heterocycles. The van der Waals surface area contributed by atoms with Crippen LogP contribution in [0.5, 0.6) is 0 Å². The predicted octanol–water partition coefficient (Wildman–Crippen LogP) is 5.81. The van der Waals surface area contributed by atoms with E-state index >= 15 is 0 Å². The molecule has 1 nitrogen and oxygen atoms in total. The summed E-state index contributed by atoms with van der Waals surface area (Å²) in [6, 6.07) is 18.6. The van der Waals surface area contributed by atoms with Crippen LogP contribution in [0.2, 0.25) is 5.02 Å². The van der Waals surface area contributed by atoms with E-state index in [0.29, 0.717) is 15.2 Å². The number of halogens is 3. The van der Waals surface area contributed by atoms with Gasteiger partial charge in [0.05, 0.1) is 0 Å². The van der Waals surface area contributed by atoms with E-state index in [1.807, 2.05) is 24.4 Å². The molecule has 2 aromatic carbocycles. The van der Waals surface area contributed by atoms with Crippen molar-refractivity contribution in [2.24, 2.45) is 0 Å². The SMILES string of the molecule is Cl.Cl.Clc1ccc(C2=CC[C]([Cr][c]3cccc4cccnc34)=C2)cc1. The monoisotopic (exact) mass is 427 g/mol. The van der Waals surface area contributed by atoms with Gasteiger partial charge < -0.3 is 0 Å². The molecule has 5 heteroatoms. The minimum absolute atomic E-state index is 0. The van der Waals surface area contributed by atoms with Crippen LogP contribution >= 0.6 is 36.4 Å². The van der Waals surface area contributed by atoms with Crippen molar-refractivity contribution < 1.29 is 15.2 Å². The van der Waals surface area contributed by atoms with E-state index < -0.39 is 0 Å². The Bertz CT molecular complexity index is 928. The molecule has 0 bridgehead atoms. The molecule has 0 atom stereocenters. The van der Waals surface area contributed by atoms with E-state index in [1.54, 1.807) is 0 Å². The van der Waals surface area contributed by atoms with Gasteiger partial charge in [0.15, 0.2) is 0 Å². The third-order valence-electron chi connectivity index (χ3n) is 3.85. The summed E-state index contributed by atoms with van der Waals surface area (Å²) in [6.07, 6.45) is 7.54. The minimum atomic E-state index is 0. The van der Waals surface area contributed by atoms with Crippen molar-refractivity contribution in [1.29, 1.82) is 0 Å². The molecule has 3 aromatic rings. The van der Waals surface area contributed by atoms with Crippen LogP contribution < -0.4 is 4.43 Å². The number of fused-ring (bicyclic) bond motifs is 1. The molecule has 0 amide bonds. The van der Waals surface area contributed by atoms with Crippen LogP contribution in [0.3, 0.4) is 0 Å². The fourth-order valence-corrected chi connectivity index (χ4v) is 4.48. The number of pyridine rings is 1. The number of nitrogens with zero attached hydrogens (tertiary/aromatic N) is 1. The van der Waals surface area contributed by atoms with Crippen LogP contribution in [0.1, 0.15) is 12.0 Å². The molecule has 128 valence electrons. The topological polar surface area (TPSA) is 12.9 Å². The van der Waals surface area contributed by atoms with Crippen LogP contribution in [0.4, 0.5) is 0 Å². The van der Waals surface area contributed by atoms with E-state index in [9.17, 15) is 0 Å². The molecular weight excluding hydrogens is 413 g/mol. The van der Waals surface area contributed by atoms with Crippen LogP contribution in [0.15, 0.2) is 77.4 Å². The van der Waals surface area contributed by atoms with Gasteiger partial charge in [0, 0.05) is 0 Å². The standard InChI is InChI=1S/C11H8Cl.C9H6N.2ClH.Cr/c12-11-7-5-10(6-8-11)9-3-1-2-4-9;1-2-6-9-8(4-1)5-3-7-10-9;;;/h3-8H,1H2;1-5,7H;2*1H;. The average Bonchev–Trinajstić information content (AvgIpc) is 3.04. The summed E-state index contributed by atoms with van der Waals surface area (Å²) in [6.45, 7) is 0. The second kappa shape index (κ2) is 8.90. The summed E-state index contributed by atoms with van der Waals surface area (Å²) in [5, 5.41) is 2.00. The fourth-order valence-electron chi connectivity index (χ4n) is 2.72. The van der Waals surface area contributed by atoms with Crippen LogP contribution in [-0.2, 0) is 15.2 Å². The molecule has 1 aromatic heterocycles. The van der Waals surface area contributed by atoms with Gasteiger partial charge in [0.2, 0.25) is 0 Å². The maximum absolute atomic E-state index is 5.97. The zero-order valence-electron chi connectivity index (χ0n) is 13.2. The molecule has 1 aliphatic rings. The first kappa shape index (κ1) is 20.0. The molecule has 0 unspecified atom stereocenters. The van der Waals surface area contributed by atoms with E-state index in [-0.39, 0.29) is 24.8 Å². The quantitative estimate of drug-likeness (QED) is 0.513. The average molecular weight is 429 g/mol. The van der Waals surface area contributed by atoms with Crippen molar-refractivity contribution in [2.75, 3.05) is 0 Å². The van der Waals surface area contributed by atoms with Crippen LogP contribution in [-0.4, -0.2) is 4.98 Å². The van der Waals surface area contributed by atoms with Gasteiger partial charge in [-0.3, -0.25) is 0 Å². The number of aromatic nitrogens is 1. The molecule has 1 aliphatic carbocycles. The van der Waals surface area contributed by atoms with Gasteiger partial charge in [-0.05, 0) is 0 Å². The number of rotatable bonds is 3. The normalized spacial score (nSPS) is 12.8. The molecule has 0 fully saturated rings. The Balaban J connectivity index is 0.00000113. The van der Waals surface area contributed by atoms with Crippen molar-refractivity contribution in [3.05, 3.63) is 88.0 Å². The molecule has 0 saturated carbocycles. The summed E-state index contributed by atoms with van der Waals surface area (Å²) in [5.74, 6) is 0. The Labute approximate surface area is 171 Å². The summed E-state index contributed by atoms with van der Waals surface area (Å²) < 4.78 is 2.84. The Kier molecular flexibility index (Phi) is 7.14. The van der Waals surface area contributed by atoms with Gasteiger partial charge in [-0.1, -0.05) is 0 Å². The summed E-state index contributed by atoms with van der Waals surface area (Å²) in [7, 11) is 0. The van der Waals surface area contributed by atoms with Crippen molar-refractivity contribution in [3.63, 3.8) is 0 Å². The fraction of sp³-hybridized carbons (Fsp3) is 0.0500. The molecule has 25 heavy (non-hydrogen) atoms. The Hall–Kier alpha value is -1.27. The third kappa shape index (κ3) is 4.47. The first-order chi connectivity index (χ1) is 11.3. The van der Waals surface area contributed by atoms with Gasteiger partial charge in [-0.15, -0.1) is 24.8 Å². The molecule has 0 saturated heterocycles. The Morgan fingerprint density at radius 2 is 1.68 bits per heavy atom. The molecule has 0 radical (unpaired) electrons. The number of hydrogen-bond acceptors (Lipinski definition) is 1. The molecule has 4 rings (SSSR count). The van der Waals surface area contributed by atoms with Crippen molar-refractivity contribution in [3.8, 4) is 0 Å². The van der Waals surface area contributed by atoms with Crippen molar-refractivity contribution in [2.45, 2.75) is 6.42 Å². The van der Waals surface area contributed by atoms with Crippen molar-refractivity contribution >= 4 is 57.3 Å².